The summed E-state index contributed by atoms with van der Waals surface area (Å²) in [6.07, 6.45) is -7.12. The Balaban J connectivity index is 0.00000199. The number of benzene rings is 1. The Morgan fingerprint density at radius 2 is 1.94 bits per heavy atom. The van der Waals surface area contributed by atoms with Gasteiger partial charge in [-0.2, -0.15) is 13.2 Å². The van der Waals surface area contributed by atoms with Crippen molar-refractivity contribution >= 4 is 52.0 Å². The van der Waals surface area contributed by atoms with Gasteiger partial charge in [0.25, 0.3) is 0 Å². The molecule has 14 heteroatoms. The van der Waals surface area contributed by atoms with Gasteiger partial charge in [-0.15, -0.1) is 11.3 Å². The van der Waals surface area contributed by atoms with E-state index < -0.39 is 48.3 Å². The van der Waals surface area contributed by atoms with Gasteiger partial charge in [0.15, 0.2) is 5.69 Å². The molecule has 0 radical (unpaired) electrons. The first-order chi connectivity index (χ1) is 16.0. The number of halogens is 5. The second-order valence-electron chi connectivity index (χ2n) is 6.73. The number of rotatable bonds is 6. The molecule has 0 amide bonds. The van der Waals surface area contributed by atoms with Gasteiger partial charge >= 0.3 is 6.18 Å². The van der Waals surface area contributed by atoms with Gasteiger partial charge in [-0.05, 0) is 18.2 Å². The van der Waals surface area contributed by atoms with Crippen molar-refractivity contribution in [1.82, 2.24) is 10.3 Å². The molecule has 0 aliphatic carbocycles. The minimum Gasteiger partial charge on any atom is -0.395 e. The summed E-state index contributed by atoms with van der Waals surface area (Å²) >= 11 is 13.7. The largest absolute Gasteiger partial charge is 0.434 e. The second-order valence-corrected chi connectivity index (χ2v) is 9.57. The highest BCUT2D eigenvalue weighted by atomic mass is 35.5. The minimum absolute atomic E-state index is 0.0821. The van der Waals surface area contributed by atoms with Gasteiger partial charge < -0.3 is 31.1 Å². The van der Waals surface area contributed by atoms with Crippen molar-refractivity contribution in [3.8, 4) is 0 Å². The predicted molar refractivity (Wildman–Crippen MR) is 128 cm³/mol. The fourth-order valence-corrected chi connectivity index (χ4v) is 5.08. The Morgan fingerprint density at radius 1 is 1.26 bits per heavy atom. The normalized spacial score (nSPS) is 25.5. The third kappa shape index (κ3) is 7.14. The summed E-state index contributed by atoms with van der Waals surface area (Å²) in [5, 5.41) is 34.9. The molecular weight excluding hydrogens is 538 g/mol. The monoisotopic (exact) mass is 561 g/mol. The first-order valence-corrected chi connectivity index (χ1v) is 12.5. The first kappa shape index (κ1) is 29.0. The van der Waals surface area contributed by atoms with Crippen LogP contribution in [0.3, 0.4) is 0 Å². The molecule has 1 aromatic carbocycles. The van der Waals surface area contributed by atoms with E-state index >= 15 is 0 Å². The van der Waals surface area contributed by atoms with Crippen LogP contribution in [-0.2, 0) is 10.9 Å². The molecule has 0 spiro atoms. The molecule has 0 saturated carbocycles. The molecule has 1 aliphatic rings. The van der Waals surface area contributed by atoms with Crippen LogP contribution in [0.5, 0.6) is 0 Å². The number of thioether (sulfide) groups is 1. The van der Waals surface area contributed by atoms with Gasteiger partial charge in [0, 0.05) is 16.5 Å². The van der Waals surface area contributed by atoms with E-state index in [1.807, 2.05) is 13.8 Å². The zero-order valence-electron chi connectivity index (χ0n) is 18.0. The summed E-state index contributed by atoms with van der Waals surface area (Å²) in [6.45, 7) is 3.46. The van der Waals surface area contributed by atoms with Crippen LogP contribution >= 0.6 is 46.3 Å². The maximum atomic E-state index is 12.7. The maximum absolute atomic E-state index is 12.7. The standard InChI is InChI=1S/C18H18Cl2F3N3O4S2.C2H6/c19-8-2-1-7(3-9(8)20)32-17-15(29)13(14(28)11(5-27)30-17)25-4-10(24)16-26-12(6-31-16)18(21,22)23;1-2/h1-4,6,11,13-15,17,25,27-29H,5,24H2;1-2H3/b10-4-;. The Hall–Kier alpha value is -1.25. The average Bonchev–Trinajstić information content (AvgIpc) is 3.30. The number of thiazole rings is 1. The van der Waals surface area contributed by atoms with Crippen LogP contribution in [0.1, 0.15) is 24.5 Å². The summed E-state index contributed by atoms with van der Waals surface area (Å²) in [6, 6.07) is 3.75. The number of nitrogens with two attached hydrogens (primary N) is 1. The molecule has 3 rings (SSSR count). The van der Waals surface area contributed by atoms with Gasteiger partial charge in [-0.1, -0.05) is 48.8 Å². The molecule has 2 heterocycles. The lowest BCUT2D eigenvalue weighted by molar-refractivity contribution is -0.164. The number of hydrogen-bond acceptors (Lipinski definition) is 9. The summed E-state index contributed by atoms with van der Waals surface area (Å²) in [5.41, 5.74) is 3.71. The molecule has 1 saturated heterocycles. The Labute approximate surface area is 212 Å². The molecule has 1 fully saturated rings. The average molecular weight is 562 g/mol. The van der Waals surface area contributed by atoms with Crippen molar-refractivity contribution in [3.63, 3.8) is 0 Å². The molecule has 1 aliphatic heterocycles. The number of nitrogens with zero attached hydrogens (tertiary/aromatic N) is 1. The molecule has 0 bridgehead atoms. The number of aliphatic hydroxyl groups excluding tert-OH is 3. The molecule has 7 nitrogen and oxygen atoms in total. The number of alkyl halides is 3. The summed E-state index contributed by atoms with van der Waals surface area (Å²) < 4.78 is 43.8. The van der Waals surface area contributed by atoms with Crippen LogP contribution in [0.2, 0.25) is 10.0 Å². The highest BCUT2D eigenvalue weighted by Gasteiger charge is 2.44. The topological polar surface area (TPSA) is 121 Å². The molecule has 1 aromatic heterocycles. The van der Waals surface area contributed by atoms with Gasteiger partial charge in [-0.3, -0.25) is 0 Å². The van der Waals surface area contributed by atoms with Gasteiger partial charge in [0.1, 0.15) is 28.8 Å². The number of nitrogens with one attached hydrogen (secondary N) is 1. The van der Waals surface area contributed by atoms with E-state index in [4.69, 9.17) is 33.7 Å². The van der Waals surface area contributed by atoms with E-state index in [9.17, 15) is 28.5 Å². The van der Waals surface area contributed by atoms with E-state index in [0.717, 1.165) is 23.3 Å². The predicted octanol–water partition coefficient (Wildman–Crippen LogP) is 3.94. The summed E-state index contributed by atoms with van der Waals surface area (Å²) in [5.74, 6) is 0. The number of hydrogen-bond donors (Lipinski definition) is 5. The Morgan fingerprint density at radius 3 is 2.50 bits per heavy atom. The zero-order chi connectivity index (χ0) is 25.6. The lowest BCUT2D eigenvalue weighted by atomic mass is 9.97. The molecule has 5 atom stereocenters. The summed E-state index contributed by atoms with van der Waals surface area (Å²) in [4.78, 5) is 4.06. The lowest BCUT2D eigenvalue weighted by Crippen LogP contribution is -2.62. The van der Waals surface area contributed by atoms with Gasteiger partial charge in [-0.25, -0.2) is 4.98 Å². The van der Waals surface area contributed by atoms with Crippen molar-refractivity contribution in [3.05, 3.63) is 50.5 Å². The van der Waals surface area contributed by atoms with Crippen LogP contribution in [0.25, 0.3) is 5.70 Å². The number of aromatic nitrogens is 1. The highest BCUT2D eigenvalue weighted by Crippen LogP contribution is 2.36. The molecule has 6 N–H and O–H groups in total. The van der Waals surface area contributed by atoms with E-state index in [2.05, 4.69) is 10.3 Å². The van der Waals surface area contributed by atoms with Gasteiger partial charge in [0.05, 0.1) is 28.4 Å². The van der Waals surface area contributed by atoms with Crippen LogP contribution in [0, 0.1) is 0 Å². The molecular formula is C20H24Cl2F3N3O4S2. The lowest BCUT2D eigenvalue weighted by Gasteiger charge is -2.42. The minimum atomic E-state index is -4.60. The smallest absolute Gasteiger partial charge is 0.395 e. The van der Waals surface area contributed by atoms with Crippen molar-refractivity contribution in [2.45, 2.75) is 54.7 Å². The Bertz CT molecular complexity index is 981. The number of aliphatic hydroxyl groups is 3. The van der Waals surface area contributed by atoms with Crippen LogP contribution in [0.15, 0.2) is 34.7 Å². The molecule has 190 valence electrons. The molecule has 34 heavy (non-hydrogen) atoms. The zero-order valence-corrected chi connectivity index (χ0v) is 21.1. The molecule has 2 aromatic rings. The van der Waals surface area contributed by atoms with E-state index in [1.165, 1.54) is 0 Å². The first-order valence-electron chi connectivity index (χ1n) is 10.00. The van der Waals surface area contributed by atoms with E-state index in [-0.39, 0.29) is 10.7 Å². The third-order valence-electron chi connectivity index (χ3n) is 4.50. The van der Waals surface area contributed by atoms with Crippen molar-refractivity contribution < 1.29 is 33.2 Å². The van der Waals surface area contributed by atoms with Crippen molar-refractivity contribution in [2.75, 3.05) is 6.61 Å². The number of ether oxygens (including phenoxy) is 1. The van der Waals surface area contributed by atoms with E-state index in [1.54, 1.807) is 18.2 Å². The fraction of sp³-hybridized carbons (Fsp3) is 0.450. The van der Waals surface area contributed by atoms with Gasteiger partial charge in [0.2, 0.25) is 0 Å². The fourth-order valence-electron chi connectivity index (χ4n) is 2.85. The SMILES string of the molecule is CC.N/C(=C\NC1C(O)C(CO)OC(Sc2ccc(Cl)c(Cl)c2)C1O)c1nc(C(F)(F)F)cs1. The molecule has 5 unspecified atom stereocenters. The van der Waals surface area contributed by atoms with Crippen LogP contribution < -0.4 is 11.1 Å². The second kappa shape index (κ2) is 12.6. The van der Waals surface area contributed by atoms with Crippen LogP contribution in [-0.4, -0.2) is 56.7 Å². The quantitative estimate of drug-likeness (QED) is 0.359. The summed E-state index contributed by atoms with van der Waals surface area (Å²) in [7, 11) is 0. The van der Waals surface area contributed by atoms with Crippen molar-refractivity contribution in [2.24, 2.45) is 5.73 Å². The Kier molecular flexibility index (Phi) is 10.8. The van der Waals surface area contributed by atoms with Crippen molar-refractivity contribution in [1.29, 1.82) is 0 Å². The van der Waals surface area contributed by atoms with E-state index in [0.29, 0.717) is 26.3 Å². The highest BCUT2D eigenvalue weighted by molar-refractivity contribution is 7.99. The third-order valence-corrected chi connectivity index (χ3v) is 7.28. The van der Waals surface area contributed by atoms with Crippen LogP contribution in [0.4, 0.5) is 13.2 Å². The maximum Gasteiger partial charge on any atom is 0.434 e.